The van der Waals surface area contributed by atoms with Gasteiger partial charge in [0.1, 0.15) is 6.10 Å². The summed E-state index contributed by atoms with van der Waals surface area (Å²) in [6.45, 7) is 3.78. The fourth-order valence-electron chi connectivity index (χ4n) is 1.91. The van der Waals surface area contributed by atoms with E-state index in [9.17, 15) is 9.28 Å². The predicted octanol–water partition coefficient (Wildman–Crippen LogP) is 3.42. The zero-order valence-corrected chi connectivity index (χ0v) is 12.4. The van der Waals surface area contributed by atoms with Gasteiger partial charge in [-0.25, -0.2) is 9.92 Å². The normalized spacial score (nSPS) is 14.5. The topological polar surface area (TPSA) is 60.8 Å². The molecule has 1 atom stereocenters. The largest absolute Gasteiger partial charge is 0.479 e. The van der Waals surface area contributed by atoms with Crippen LogP contribution < -0.4 is 5.12 Å². The number of aliphatic hydroxyl groups is 1. The van der Waals surface area contributed by atoms with Crippen LogP contribution in [-0.4, -0.2) is 28.8 Å². The van der Waals surface area contributed by atoms with E-state index in [1.165, 1.54) is 12.5 Å². The number of nitrogens with zero attached hydrogens (tertiary/aromatic N) is 1. The number of hydrogen-bond acceptors (Lipinski definition) is 3. The summed E-state index contributed by atoms with van der Waals surface area (Å²) in [6.07, 6.45) is 4.20. The molecule has 0 fully saturated rings. The number of rotatable bonds is 4. The minimum atomic E-state index is -1.23. The van der Waals surface area contributed by atoms with Gasteiger partial charge in [-0.3, -0.25) is 0 Å². The first-order chi connectivity index (χ1) is 9.95. The van der Waals surface area contributed by atoms with Crippen LogP contribution in [0, 0.1) is 0 Å². The maximum Gasteiger partial charge on any atom is 0.332 e. The third-order valence-corrected chi connectivity index (χ3v) is 3.11. The summed E-state index contributed by atoms with van der Waals surface area (Å²) >= 11 is 0. The van der Waals surface area contributed by atoms with Gasteiger partial charge in [-0.05, 0) is 31.4 Å². The van der Waals surface area contributed by atoms with Crippen molar-refractivity contribution >= 4 is 17.7 Å². The molecule has 1 aromatic carbocycles. The molecular weight excluding hydrogens is 273 g/mol. The van der Waals surface area contributed by atoms with Crippen molar-refractivity contribution in [3.05, 3.63) is 35.4 Å². The van der Waals surface area contributed by atoms with Gasteiger partial charge in [0.15, 0.2) is 0 Å². The summed E-state index contributed by atoms with van der Waals surface area (Å²) in [4.78, 5) is 9.45. The third kappa shape index (κ3) is 5.55. The summed E-state index contributed by atoms with van der Waals surface area (Å²) in [5.41, 5.74) is 2.88. The Morgan fingerprint density at radius 2 is 2.05 bits per heavy atom. The van der Waals surface area contributed by atoms with Crippen LogP contribution in [0.15, 0.2) is 29.8 Å². The van der Waals surface area contributed by atoms with Gasteiger partial charge in [0.25, 0.3) is 0 Å². The van der Waals surface area contributed by atoms with Gasteiger partial charge in [-0.2, -0.15) is 0 Å². The molecule has 0 amide bonds. The summed E-state index contributed by atoms with van der Waals surface area (Å²) in [5.74, 6) is -1.19. The fraction of sp³-hybridized carbons (Fsp3) is 0.438. The lowest BCUT2D eigenvalue weighted by Crippen LogP contribution is -2.19. The molecule has 116 valence electrons. The highest BCUT2D eigenvalue weighted by Gasteiger charge is 2.16. The van der Waals surface area contributed by atoms with E-state index >= 15 is 0 Å². The Morgan fingerprint density at radius 1 is 1.43 bits per heavy atom. The number of fused-ring (bicyclic) bond motifs is 1. The van der Waals surface area contributed by atoms with Crippen LogP contribution in [-0.2, 0) is 4.79 Å². The minimum Gasteiger partial charge on any atom is -0.479 e. The first-order valence-corrected chi connectivity index (χ1v) is 7.08. The first kappa shape index (κ1) is 17.2. The molecule has 0 aliphatic carbocycles. The predicted molar refractivity (Wildman–Crippen MR) is 81.7 cm³/mol. The molecule has 1 heterocycles. The van der Waals surface area contributed by atoms with Crippen molar-refractivity contribution in [3.63, 3.8) is 0 Å². The van der Waals surface area contributed by atoms with Crippen LogP contribution in [0.3, 0.4) is 0 Å². The van der Waals surface area contributed by atoms with Gasteiger partial charge in [-0.15, -0.1) is 0 Å². The fourth-order valence-corrected chi connectivity index (χ4v) is 1.91. The Kier molecular flexibility index (Phi) is 6.88. The number of carbonyl (C=O) groups is 1. The second-order valence-corrected chi connectivity index (χ2v) is 5.00. The first-order valence-electron chi connectivity index (χ1n) is 7.08. The highest BCUT2D eigenvalue weighted by atomic mass is 19.2. The van der Waals surface area contributed by atoms with Crippen LogP contribution in [0.1, 0.15) is 38.7 Å². The van der Waals surface area contributed by atoms with Crippen LogP contribution >= 0.6 is 0 Å². The number of unbranched alkanes of at least 4 members (excludes halogenated alkanes) is 1. The van der Waals surface area contributed by atoms with Crippen LogP contribution in [0.4, 0.5) is 10.2 Å². The van der Waals surface area contributed by atoms with Crippen molar-refractivity contribution in [2.75, 3.05) is 11.7 Å². The molecule has 1 aliphatic heterocycles. The second kappa shape index (κ2) is 8.42. The van der Waals surface area contributed by atoms with E-state index in [0.717, 1.165) is 29.9 Å². The van der Waals surface area contributed by atoms with Crippen molar-refractivity contribution in [1.29, 1.82) is 0 Å². The summed E-state index contributed by atoms with van der Waals surface area (Å²) in [6, 6.07) is 7.61. The number of aliphatic hydroxyl groups excluding tert-OH is 1. The van der Waals surface area contributed by atoms with Crippen molar-refractivity contribution in [3.8, 4) is 0 Å². The van der Waals surface area contributed by atoms with Gasteiger partial charge in [0.05, 0.1) is 12.2 Å². The Hall–Kier alpha value is -1.88. The van der Waals surface area contributed by atoms with Crippen molar-refractivity contribution in [1.82, 2.24) is 0 Å². The maximum atomic E-state index is 13.6. The number of carboxylic acids is 1. The molecule has 1 unspecified atom stereocenters. The monoisotopic (exact) mass is 295 g/mol. The summed E-state index contributed by atoms with van der Waals surface area (Å²) in [5, 5.41) is 16.6. The molecule has 0 aromatic heterocycles. The van der Waals surface area contributed by atoms with E-state index in [1.807, 2.05) is 24.3 Å². The lowest BCUT2D eigenvalue weighted by Gasteiger charge is -2.23. The summed E-state index contributed by atoms with van der Waals surface area (Å²) < 4.78 is 13.6. The van der Waals surface area contributed by atoms with Crippen LogP contribution in [0.2, 0.25) is 0 Å². The van der Waals surface area contributed by atoms with Gasteiger partial charge < -0.3 is 10.2 Å². The van der Waals surface area contributed by atoms with Crippen molar-refractivity contribution in [2.24, 2.45) is 0 Å². The quantitative estimate of drug-likeness (QED) is 0.836. The van der Waals surface area contributed by atoms with E-state index in [2.05, 4.69) is 13.0 Å². The molecule has 0 radical (unpaired) electrons. The highest BCUT2D eigenvalue weighted by Crippen LogP contribution is 2.30. The number of halogens is 1. The number of benzene rings is 1. The minimum absolute atomic E-state index is 0.428. The maximum absolute atomic E-state index is 13.6. The molecule has 2 N–H and O–H groups in total. The third-order valence-electron chi connectivity index (χ3n) is 3.11. The Morgan fingerprint density at radius 3 is 2.62 bits per heavy atom. The number of hydrogen-bond donors (Lipinski definition) is 2. The Balaban J connectivity index is 0.000000315. The molecule has 0 saturated carbocycles. The molecule has 0 bridgehead atoms. The van der Waals surface area contributed by atoms with Crippen LogP contribution in [0.5, 0.6) is 0 Å². The van der Waals surface area contributed by atoms with Crippen molar-refractivity contribution in [2.45, 2.75) is 39.2 Å². The number of aliphatic carboxylic acids is 1. The van der Waals surface area contributed by atoms with E-state index in [4.69, 9.17) is 10.2 Å². The van der Waals surface area contributed by atoms with E-state index in [1.54, 1.807) is 0 Å². The smallest absolute Gasteiger partial charge is 0.332 e. The number of carboxylic acid groups (broad SMARTS) is 1. The van der Waals surface area contributed by atoms with E-state index < -0.39 is 12.1 Å². The molecular formula is C16H22FNO3. The molecule has 0 spiro atoms. The van der Waals surface area contributed by atoms with Gasteiger partial charge in [0, 0.05) is 5.56 Å². The lowest BCUT2D eigenvalue weighted by molar-refractivity contribution is -0.145. The molecule has 4 nitrogen and oxygen atoms in total. The highest BCUT2D eigenvalue weighted by molar-refractivity contribution is 5.72. The molecule has 5 heteroatoms. The number of anilines is 1. The average Bonchev–Trinajstić information content (AvgIpc) is 2.45. The standard InChI is InChI=1S/C13H16FN.C3H6O3/c1-2-3-6-11-9-12-7-4-5-8-13(12)15(14)10-11;1-2(4)3(5)6/h4-5,7-9H,2-3,6,10H2,1H3;2,4H,1H3,(H,5,6). The van der Waals surface area contributed by atoms with Gasteiger partial charge >= 0.3 is 5.97 Å². The van der Waals surface area contributed by atoms with Gasteiger partial charge in [-0.1, -0.05) is 42.1 Å². The van der Waals surface area contributed by atoms with E-state index in [-0.39, 0.29) is 0 Å². The molecule has 1 aliphatic rings. The summed E-state index contributed by atoms with van der Waals surface area (Å²) in [7, 11) is 0. The second-order valence-electron chi connectivity index (χ2n) is 5.00. The van der Waals surface area contributed by atoms with Crippen LogP contribution in [0.25, 0.3) is 6.08 Å². The Labute approximate surface area is 124 Å². The molecule has 1 aromatic rings. The van der Waals surface area contributed by atoms with Gasteiger partial charge in [0.2, 0.25) is 0 Å². The Bertz CT molecular complexity index is 500. The average molecular weight is 295 g/mol. The molecule has 0 saturated heterocycles. The van der Waals surface area contributed by atoms with E-state index in [0.29, 0.717) is 12.2 Å². The molecule has 2 rings (SSSR count). The number of para-hydroxylation sites is 1. The zero-order valence-electron chi connectivity index (χ0n) is 12.4. The SMILES string of the molecule is CC(O)C(=O)O.CCCCC1=Cc2ccccc2N(F)C1. The molecule has 21 heavy (non-hydrogen) atoms. The lowest BCUT2D eigenvalue weighted by atomic mass is 10.0. The zero-order chi connectivity index (χ0) is 15.8. The van der Waals surface area contributed by atoms with Crippen molar-refractivity contribution < 1.29 is 19.5 Å².